The number of rotatable bonds is 6. The van der Waals surface area contributed by atoms with Crippen molar-refractivity contribution in [2.75, 3.05) is 12.4 Å². The molecule has 0 radical (unpaired) electrons. The van der Waals surface area contributed by atoms with E-state index in [1.165, 1.54) is 17.4 Å². The van der Waals surface area contributed by atoms with Gasteiger partial charge in [-0.05, 0) is 29.9 Å². The van der Waals surface area contributed by atoms with Crippen LogP contribution in [0.3, 0.4) is 0 Å². The predicted molar refractivity (Wildman–Crippen MR) is 81.3 cm³/mol. The number of thioether (sulfide) groups is 1. The molecule has 0 saturated carbocycles. The SMILES string of the molecule is NNC(=O)c1sc2cccc(F)c2c1CSCCCO. The molecule has 7 heteroatoms. The molecule has 1 aromatic carbocycles. The van der Waals surface area contributed by atoms with Crippen LogP contribution < -0.4 is 11.3 Å². The summed E-state index contributed by atoms with van der Waals surface area (Å²) in [6.07, 6.45) is 0.674. The Hall–Kier alpha value is -1.15. The van der Waals surface area contributed by atoms with Gasteiger partial charge in [-0.1, -0.05) is 6.07 Å². The van der Waals surface area contributed by atoms with Crippen LogP contribution in [-0.4, -0.2) is 23.4 Å². The smallest absolute Gasteiger partial charge is 0.275 e. The van der Waals surface area contributed by atoms with Gasteiger partial charge < -0.3 is 5.11 Å². The summed E-state index contributed by atoms with van der Waals surface area (Å²) in [5.41, 5.74) is 2.78. The second-order valence-electron chi connectivity index (χ2n) is 4.13. The molecule has 1 amide bonds. The number of nitrogens with one attached hydrogen (secondary N) is 1. The Morgan fingerprint density at radius 3 is 3.00 bits per heavy atom. The highest BCUT2D eigenvalue weighted by atomic mass is 32.2. The van der Waals surface area contributed by atoms with Crippen molar-refractivity contribution < 1.29 is 14.3 Å². The number of amides is 1. The Morgan fingerprint density at radius 2 is 2.30 bits per heavy atom. The summed E-state index contributed by atoms with van der Waals surface area (Å²) < 4.78 is 14.7. The molecule has 4 nitrogen and oxygen atoms in total. The average molecular weight is 314 g/mol. The van der Waals surface area contributed by atoms with Crippen LogP contribution in [0.15, 0.2) is 18.2 Å². The molecule has 1 heterocycles. The minimum atomic E-state index is -0.400. The van der Waals surface area contributed by atoms with Crippen LogP contribution in [-0.2, 0) is 5.75 Å². The number of fused-ring (bicyclic) bond motifs is 1. The fourth-order valence-corrected chi connectivity index (χ4v) is 4.09. The molecule has 0 unspecified atom stereocenters. The third kappa shape index (κ3) is 3.12. The summed E-state index contributed by atoms with van der Waals surface area (Å²) in [5, 5.41) is 9.26. The molecular weight excluding hydrogens is 299 g/mol. The maximum absolute atomic E-state index is 14.0. The summed E-state index contributed by atoms with van der Waals surface area (Å²) >= 11 is 2.80. The molecule has 20 heavy (non-hydrogen) atoms. The van der Waals surface area contributed by atoms with Gasteiger partial charge in [-0.3, -0.25) is 10.2 Å². The molecule has 0 spiro atoms. The van der Waals surface area contributed by atoms with Crippen molar-refractivity contribution >= 4 is 39.1 Å². The van der Waals surface area contributed by atoms with Gasteiger partial charge in [0.1, 0.15) is 5.82 Å². The van der Waals surface area contributed by atoms with Gasteiger partial charge in [0.15, 0.2) is 0 Å². The van der Waals surface area contributed by atoms with E-state index in [4.69, 9.17) is 10.9 Å². The van der Waals surface area contributed by atoms with Gasteiger partial charge in [0.25, 0.3) is 5.91 Å². The topological polar surface area (TPSA) is 75.3 Å². The summed E-state index contributed by atoms with van der Waals surface area (Å²) in [6.45, 7) is 0.127. The van der Waals surface area contributed by atoms with E-state index in [9.17, 15) is 9.18 Å². The average Bonchev–Trinajstić information content (AvgIpc) is 2.83. The molecule has 0 atom stereocenters. The van der Waals surface area contributed by atoms with Crippen molar-refractivity contribution in [1.82, 2.24) is 5.43 Å². The van der Waals surface area contributed by atoms with E-state index < -0.39 is 5.91 Å². The Labute approximate surface area is 124 Å². The van der Waals surface area contributed by atoms with Crippen molar-refractivity contribution in [3.8, 4) is 0 Å². The molecule has 0 aliphatic heterocycles. The number of aliphatic hydroxyl groups excluding tert-OH is 1. The number of nitrogens with two attached hydrogens (primary N) is 1. The summed E-state index contributed by atoms with van der Waals surface area (Å²) in [4.78, 5) is 12.3. The standard InChI is InChI=1S/C13H15FN2O2S2/c14-9-3-1-4-10-11(9)8(7-19-6-2-5-17)12(20-10)13(18)16-15/h1,3-4,17H,2,5-7,15H2,(H,16,18). The first-order valence-corrected chi connectivity index (χ1v) is 8.05. The maximum Gasteiger partial charge on any atom is 0.275 e. The van der Waals surface area contributed by atoms with Gasteiger partial charge in [-0.25, -0.2) is 10.2 Å². The van der Waals surface area contributed by atoms with Crippen molar-refractivity contribution in [1.29, 1.82) is 0 Å². The second-order valence-corrected chi connectivity index (χ2v) is 6.28. The number of nitrogen functional groups attached to an aromatic ring is 1. The monoisotopic (exact) mass is 314 g/mol. The molecule has 0 aliphatic carbocycles. The maximum atomic E-state index is 14.0. The van der Waals surface area contributed by atoms with Crippen LogP contribution in [0.25, 0.3) is 10.1 Å². The molecule has 2 rings (SSSR count). The summed E-state index contributed by atoms with van der Waals surface area (Å²) in [6, 6.07) is 4.81. The van der Waals surface area contributed by atoms with Crippen LogP contribution in [0, 0.1) is 5.82 Å². The van der Waals surface area contributed by atoms with Crippen molar-refractivity contribution in [3.63, 3.8) is 0 Å². The van der Waals surface area contributed by atoms with Crippen LogP contribution in [0.5, 0.6) is 0 Å². The number of hydrogen-bond acceptors (Lipinski definition) is 5. The van der Waals surface area contributed by atoms with Gasteiger partial charge in [0, 0.05) is 22.4 Å². The number of benzene rings is 1. The Morgan fingerprint density at radius 1 is 1.50 bits per heavy atom. The number of thiophene rings is 1. The molecule has 4 N–H and O–H groups in total. The number of halogens is 1. The lowest BCUT2D eigenvalue weighted by atomic mass is 10.1. The Bertz CT molecular complexity index is 616. The van der Waals surface area contributed by atoms with Gasteiger partial charge in [-0.2, -0.15) is 11.8 Å². The Kier molecular flexibility index (Phi) is 5.36. The lowest BCUT2D eigenvalue weighted by molar-refractivity contribution is 0.0957. The van der Waals surface area contributed by atoms with Crippen LogP contribution in [0.4, 0.5) is 4.39 Å². The largest absolute Gasteiger partial charge is 0.396 e. The first-order valence-electron chi connectivity index (χ1n) is 6.08. The molecule has 0 saturated heterocycles. The number of carbonyl (C=O) groups excluding carboxylic acids is 1. The zero-order chi connectivity index (χ0) is 14.5. The highest BCUT2D eigenvalue weighted by molar-refractivity contribution is 7.98. The Balaban J connectivity index is 2.38. The van der Waals surface area contributed by atoms with E-state index in [1.807, 2.05) is 0 Å². The number of hydrazine groups is 1. The molecule has 108 valence electrons. The zero-order valence-electron chi connectivity index (χ0n) is 10.7. The fraction of sp³-hybridized carbons (Fsp3) is 0.308. The lowest BCUT2D eigenvalue weighted by Crippen LogP contribution is -2.29. The number of aliphatic hydroxyl groups is 1. The van der Waals surface area contributed by atoms with Gasteiger partial charge >= 0.3 is 0 Å². The van der Waals surface area contributed by atoms with E-state index in [-0.39, 0.29) is 12.4 Å². The molecule has 1 aromatic heterocycles. The van der Waals surface area contributed by atoms with E-state index in [0.717, 1.165) is 10.5 Å². The minimum absolute atomic E-state index is 0.127. The van der Waals surface area contributed by atoms with Gasteiger partial charge in [-0.15, -0.1) is 11.3 Å². The van der Waals surface area contributed by atoms with E-state index in [2.05, 4.69) is 5.43 Å². The normalized spacial score (nSPS) is 10.9. The third-order valence-electron chi connectivity index (χ3n) is 2.79. The summed E-state index contributed by atoms with van der Waals surface area (Å²) in [5.74, 6) is 5.73. The molecule has 0 aliphatic rings. The number of hydrogen-bond donors (Lipinski definition) is 3. The molecule has 0 fully saturated rings. The second kappa shape index (κ2) is 7.03. The third-order valence-corrected chi connectivity index (χ3v) is 5.06. The first kappa shape index (κ1) is 15.2. The minimum Gasteiger partial charge on any atom is -0.396 e. The van der Waals surface area contributed by atoms with Crippen LogP contribution in [0.2, 0.25) is 0 Å². The van der Waals surface area contributed by atoms with E-state index >= 15 is 0 Å². The van der Waals surface area contributed by atoms with Crippen molar-refractivity contribution in [3.05, 3.63) is 34.5 Å². The van der Waals surface area contributed by atoms with Crippen molar-refractivity contribution in [2.45, 2.75) is 12.2 Å². The van der Waals surface area contributed by atoms with E-state index in [0.29, 0.717) is 28.0 Å². The fourth-order valence-electron chi connectivity index (χ4n) is 1.89. The van der Waals surface area contributed by atoms with Crippen molar-refractivity contribution in [2.24, 2.45) is 5.84 Å². The quantitative estimate of drug-likeness (QED) is 0.331. The highest BCUT2D eigenvalue weighted by Crippen LogP contribution is 2.35. The predicted octanol–water partition coefficient (Wildman–Crippen LogP) is 2.26. The first-order chi connectivity index (χ1) is 9.69. The molecule has 0 bridgehead atoms. The van der Waals surface area contributed by atoms with Crippen LogP contribution >= 0.6 is 23.1 Å². The number of carbonyl (C=O) groups is 1. The molecule has 2 aromatic rings. The summed E-state index contributed by atoms with van der Waals surface area (Å²) in [7, 11) is 0. The zero-order valence-corrected chi connectivity index (χ0v) is 12.3. The van der Waals surface area contributed by atoms with E-state index in [1.54, 1.807) is 23.9 Å². The molecular formula is C13H15FN2O2S2. The van der Waals surface area contributed by atoms with Gasteiger partial charge in [0.2, 0.25) is 0 Å². The van der Waals surface area contributed by atoms with Gasteiger partial charge in [0.05, 0.1) is 4.88 Å². The highest BCUT2D eigenvalue weighted by Gasteiger charge is 2.19. The lowest BCUT2D eigenvalue weighted by Gasteiger charge is -2.04. The van der Waals surface area contributed by atoms with Crippen LogP contribution in [0.1, 0.15) is 21.7 Å².